The summed E-state index contributed by atoms with van der Waals surface area (Å²) in [5.74, 6) is 2.58. The molecule has 0 saturated heterocycles. The standard InChI is InChI=1S/C9H17N3O3S2/c1-3-16-6-8-11-9(15-12-8)7(10)4-5-17(2,13)14/h7H,3-6,10H2,1-2H3. The van der Waals surface area contributed by atoms with Crippen molar-refractivity contribution in [2.24, 2.45) is 5.73 Å². The van der Waals surface area contributed by atoms with Crippen LogP contribution in [0.4, 0.5) is 0 Å². The third-order valence-electron chi connectivity index (χ3n) is 2.04. The van der Waals surface area contributed by atoms with Gasteiger partial charge in [-0.1, -0.05) is 12.1 Å². The van der Waals surface area contributed by atoms with Crippen LogP contribution in [0.2, 0.25) is 0 Å². The molecule has 8 heteroatoms. The van der Waals surface area contributed by atoms with Crippen LogP contribution in [0.3, 0.4) is 0 Å². The second-order valence-electron chi connectivity index (χ2n) is 3.71. The van der Waals surface area contributed by atoms with Gasteiger partial charge >= 0.3 is 0 Å². The van der Waals surface area contributed by atoms with Crippen LogP contribution < -0.4 is 5.73 Å². The average Bonchev–Trinajstić information content (AvgIpc) is 2.70. The Hall–Kier alpha value is -0.600. The van der Waals surface area contributed by atoms with Crippen LogP contribution in [-0.2, 0) is 15.6 Å². The van der Waals surface area contributed by atoms with Gasteiger partial charge in [0.1, 0.15) is 9.84 Å². The normalized spacial score (nSPS) is 13.8. The zero-order chi connectivity index (χ0) is 12.9. The number of hydrogen-bond donors (Lipinski definition) is 1. The van der Waals surface area contributed by atoms with Gasteiger partial charge in [0.05, 0.1) is 17.5 Å². The predicted molar refractivity (Wildman–Crippen MR) is 67.4 cm³/mol. The number of nitrogens with two attached hydrogens (primary N) is 1. The maximum Gasteiger partial charge on any atom is 0.243 e. The molecule has 17 heavy (non-hydrogen) atoms. The number of thioether (sulfide) groups is 1. The number of hydrogen-bond acceptors (Lipinski definition) is 7. The van der Waals surface area contributed by atoms with Crippen LogP contribution >= 0.6 is 11.8 Å². The Bertz CT molecular complexity index is 444. The summed E-state index contributed by atoms with van der Waals surface area (Å²) < 4.78 is 27.0. The quantitative estimate of drug-likeness (QED) is 0.786. The van der Waals surface area contributed by atoms with Crippen molar-refractivity contribution in [1.29, 1.82) is 0 Å². The van der Waals surface area contributed by atoms with Gasteiger partial charge in [-0.2, -0.15) is 16.7 Å². The summed E-state index contributed by atoms with van der Waals surface area (Å²) in [6.45, 7) is 2.05. The second-order valence-corrected chi connectivity index (χ2v) is 7.25. The lowest BCUT2D eigenvalue weighted by Gasteiger charge is -2.04. The number of rotatable bonds is 7. The zero-order valence-corrected chi connectivity index (χ0v) is 11.6. The Morgan fingerprint density at radius 2 is 2.24 bits per heavy atom. The topological polar surface area (TPSA) is 99.1 Å². The first kappa shape index (κ1) is 14.5. The molecule has 0 aliphatic rings. The molecule has 0 saturated carbocycles. The van der Waals surface area contributed by atoms with E-state index < -0.39 is 15.9 Å². The van der Waals surface area contributed by atoms with Crippen LogP contribution in [0, 0.1) is 0 Å². The van der Waals surface area contributed by atoms with Crippen LogP contribution in [0.1, 0.15) is 31.1 Å². The first-order chi connectivity index (χ1) is 7.92. The van der Waals surface area contributed by atoms with Gasteiger partial charge in [-0.05, 0) is 12.2 Å². The van der Waals surface area contributed by atoms with Crippen molar-refractivity contribution in [1.82, 2.24) is 10.1 Å². The lowest BCUT2D eigenvalue weighted by Crippen LogP contribution is -2.16. The smallest absolute Gasteiger partial charge is 0.243 e. The Labute approximate surface area is 105 Å². The van der Waals surface area contributed by atoms with Crippen molar-refractivity contribution in [3.8, 4) is 0 Å². The average molecular weight is 279 g/mol. The van der Waals surface area contributed by atoms with Gasteiger partial charge in [-0.15, -0.1) is 0 Å². The molecule has 1 heterocycles. The van der Waals surface area contributed by atoms with Crippen molar-refractivity contribution in [3.05, 3.63) is 11.7 Å². The number of sulfone groups is 1. The number of nitrogens with zero attached hydrogens (tertiary/aromatic N) is 2. The minimum Gasteiger partial charge on any atom is -0.338 e. The molecule has 1 unspecified atom stereocenters. The van der Waals surface area contributed by atoms with E-state index in [9.17, 15) is 8.42 Å². The largest absolute Gasteiger partial charge is 0.338 e. The second kappa shape index (κ2) is 6.36. The molecular weight excluding hydrogens is 262 g/mol. The molecule has 98 valence electrons. The Kier molecular flexibility index (Phi) is 5.41. The lowest BCUT2D eigenvalue weighted by atomic mass is 10.2. The van der Waals surface area contributed by atoms with E-state index in [0.717, 1.165) is 5.75 Å². The van der Waals surface area contributed by atoms with Crippen molar-refractivity contribution >= 4 is 21.6 Å². The highest BCUT2D eigenvalue weighted by molar-refractivity contribution is 7.98. The predicted octanol–water partition coefficient (Wildman–Crippen LogP) is 0.757. The Morgan fingerprint density at radius 1 is 1.53 bits per heavy atom. The highest BCUT2D eigenvalue weighted by atomic mass is 32.2. The molecular formula is C9H17N3O3S2. The van der Waals surface area contributed by atoms with E-state index in [1.165, 1.54) is 6.26 Å². The van der Waals surface area contributed by atoms with Gasteiger partial charge in [0.2, 0.25) is 5.89 Å². The third kappa shape index (κ3) is 5.51. The summed E-state index contributed by atoms with van der Waals surface area (Å²) in [7, 11) is -3.01. The summed E-state index contributed by atoms with van der Waals surface area (Å²) in [4.78, 5) is 4.13. The van der Waals surface area contributed by atoms with Crippen molar-refractivity contribution in [3.63, 3.8) is 0 Å². The summed E-state index contributed by atoms with van der Waals surface area (Å²) in [5, 5.41) is 3.78. The van der Waals surface area contributed by atoms with Crippen LogP contribution in [0.15, 0.2) is 4.52 Å². The SMILES string of the molecule is CCSCc1noc(C(N)CCS(C)(=O)=O)n1. The zero-order valence-electron chi connectivity index (χ0n) is 9.92. The molecule has 0 aliphatic carbocycles. The molecule has 1 rings (SSSR count). The van der Waals surface area contributed by atoms with Gasteiger partial charge in [-0.25, -0.2) is 8.42 Å². The molecule has 0 aliphatic heterocycles. The van der Waals surface area contributed by atoms with Crippen molar-refractivity contribution in [2.75, 3.05) is 17.8 Å². The number of aromatic nitrogens is 2. The maximum atomic E-state index is 11.0. The van der Waals surface area contributed by atoms with E-state index in [0.29, 0.717) is 23.9 Å². The third-order valence-corrected chi connectivity index (χ3v) is 3.88. The molecule has 1 aromatic heterocycles. The van der Waals surface area contributed by atoms with Crippen LogP contribution in [-0.4, -0.2) is 36.3 Å². The van der Waals surface area contributed by atoms with E-state index in [-0.39, 0.29) is 5.75 Å². The van der Waals surface area contributed by atoms with E-state index >= 15 is 0 Å². The molecule has 1 atom stereocenters. The minimum absolute atomic E-state index is 0.0234. The molecule has 2 N–H and O–H groups in total. The van der Waals surface area contributed by atoms with Crippen molar-refractivity contribution in [2.45, 2.75) is 25.1 Å². The molecule has 0 fully saturated rings. The van der Waals surface area contributed by atoms with E-state index in [2.05, 4.69) is 10.1 Å². The molecule has 0 aromatic carbocycles. The Balaban J connectivity index is 2.51. The maximum absolute atomic E-state index is 11.0. The fraction of sp³-hybridized carbons (Fsp3) is 0.778. The fourth-order valence-electron chi connectivity index (χ4n) is 1.13. The first-order valence-electron chi connectivity index (χ1n) is 5.26. The lowest BCUT2D eigenvalue weighted by molar-refractivity contribution is 0.349. The highest BCUT2D eigenvalue weighted by Gasteiger charge is 2.16. The molecule has 6 nitrogen and oxygen atoms in total. The van der Waals surface area contributed by atoms with E-state index in [1.807, 2.05) is 6.92 Å². The molecule has 1 aromatic rings. The molecule has 0 bridgehead atoms. The molecule has 0 spiro atoms. The van der Waals surface area contributed by atoms with Gasteiger partial charge in [0.25, 0.3) is 0 Å². The highest BCUT2D eigenvalue weighted by Crippen LogP contribution is 2.15. The van der Waals surface area contributed by atoms with Crippen LogP contribution in [0.25, 0.3) is 0 Å². The first-order valence-corrected chi connectivity index (χ1v) is 8.47. The van der Waals surface area contributed by atoms with E-state index in [4.69, 9.17) is 10.3 Å². The summed E-state index contributed by atoms with van der Waals surface area (Å²) in [6, 6.07) is -0.516. The summed E-state index contributed by atoms with van der Waals surface area (Å²) in [5.41, 5.74) is 5.78. The summed E-state index contributed by atoms with van der Waals surface area (Å²) in [6.07, 6.45) is 1.47. The Morgan fingerprint density at radius 3 is 2.82 bits per heavy atom. The van der Waals surface area contributed by atoms with Gasteiger partial charge in [-0.3, -0.25) is 0 Å². The summed E-state index contributed by atoms with van der Waals surface area (Å²) >= 11 is 1.68. The fourth-order valence-corrected chi connectivity index (χ4v) is 2.32. The van der Waals surface area contributed by atoms with Crippen molar-refractivity contribution < 1.29 is 12.9 Å². The van der Waals surface area contributed by atoms with Gasteiger partial charge in [0.15, 0.2) is 5.82 Å². The van der Waals surface area contributed by atoms with Gasteiger partial charge < -0.3 is 10.3 Å². The van der Waals surface area contributed by atoms with Crippen LogP contribution in [0.5, 0.6) is 0 Å². The minimum atomic E-state index is -3.01. The molecule has 0 radical (unpaired) electrons. The van der Waals surface area contributed by atoms with Gasteiger partial charge in [0, 0.05) is 6.26 Å². The van der Waals surface area contributed by atoms with E-state index in [1.54, 1.807) is 11.8 Å². The molecule has 0 amide bonds. The monoisotopic (exact) mass is 279 g/mol.